The molecule has 0 bridgehead atoms. The molecular weight excluding hydrogens is 336 g/mol. The third-order valence-corrected chi connectivity index (χ3v) is 4.46. The highest BCUT2D eigenvalue weighted by molar-refractivity contribution is 5.89. The Balaban J connectivity index is 0.00000225. The highest BCUT2D eigenvalue weighted by atomic mass is 35.5. The van der Waals surface area contributed by atoms with Crippen molar-refractivity contribution in [3.05, 3.63) is 65.2 Å². The number of nitrogens with two attached hydrogens (primary N) is 1. The van der Waals surface area contributed by atoms with Crippen LogP contribution in [-0.4, -0.2) is 11.4 Å². The van der Waals surface area contributed by atoms with Gasteiger partial charge < -0.3 is 15.8 Å². The number of hydrogen-bond acceptors (Lipinski definition) is 3. The first-order valence-corrected chi connectivity index (χ1v) is 8.34. The van der Waals surface area contributed by atoms with Crippen LogP contribution in [0.15, 0.2) is 48.5 Å². The molecule has 0 spiro atoms. The number of benzene rings is 2. The molecular formula is C20H25ClN2O2. The Morgan fingerprint density at radius 3 is 2.52 bits per heavy atom. The summed E-state index contributed by atoms with van der Waals surface area (Å²) in [5.74, 6) is 0.756. The van der Waals surface area contributed by atoms with E-state index < -0.39 is 5.54 Å². The summed E-state index contributed by atoms with van der Waals surface area (Å²) in [5, 5.41) is 2.98. The van der Waals surface area contributed by atoms with Crippen molar-refractivity contribution in [1.82, 2.24) is 5.32 Å². The summed E-state index contributed by atoms with van der Waals surface area (Å²) in [4.78, 5) is 12.0. The molecule has 1 atom stereocenters. The molecule has 0 saturated heterocycles. The Hall–Kier alpha value is -2.04. The predicted molar refractivity (Wildman–Crippen MR) is 102 cm³/mol. The van der Waals surface area contributed by atoms with Crippen LogP contribution in [-0.2, 0) is 11.4 Å². The first-order chi connectivity index (χ1) is 11.5. The summed E-state index contributed by atoms with van der Waals surface area (Å²) in [5.41, 5.74) is 8.69. The second-order valence-electron chi connectivity index (χ2n) is 6.70. The van der Waals surface area contributed by atoms with Crippen molar-refractivity contribution in [2.45, 2.75) is 44.9 Å². The molecule has 2 aromatic carbocycles. The van der Waals surface area contributed by atoms with Crippen molar-refractivity contribution < 1.29 is 9.53 Å². The van der Waals surface area contributed by atoms with E-state index in [1.807, 2.05) is 37.3 Å². The van der Waals surface area contributed by atoms with E-state index in [0.717, 1.165) is 29.7 Å². The zero-order chi connectivity index (χ0) is 17.2. The van der Waals surface area contributed by atoms with Crippen molar-refractivity contribution in [3.8, 4) is 5.75 Å². The normalized spacial score (nSPS) is 15.6. The van der Waals surface area contributed by atoms with Gasteiger partial charge in [-0.25, -0.2) is 0 Å². The van der Waals surface area contributed by atoms with Crippen LogP contribution < -0.4 is 15.8 Å². The number of nitrogens with one attached hydrogen (secondary N) is 1. The van der Waals surface area contributed by atoms with Gasteiger partial charge in [0.15, 0.2) is 0 Å². The average Bonchev–Trinajstić information content (AvgIpc) is 3.32. The fourth-order valence-electron chi connectivity index (χ4n) is 2.61. The Morgan fingerprint density at radius 2 is 1.92 bits per heavy atom. The van der Waals surface area contributed by atoms with Crippen molar-refractivity contribution in [1.29, 1.82) is 0 Å². The van der Waals surface area contributed by atoms with Crippen LogP contribution in [0.3, 0.4) is 0 Å². The average molecular weight is 361 g/mol. The van der Waals surface area contributed by atoms with Crippen LogP contribution in [0, 0.1) is 6.92 Å². The minimum atomic E-state index is -0.634. The van der Waals surface area contributed by atoms with E-state index in [2.05, 4.69) is 30.4 Å². The Labute approximate surface area is 155 Å². The fraction of sp³-hybridized carbons (Fsp3) is 0.350. The third-order valence-electron chi connectivity index (χ3n) is 4.46. The van der Waals surface area contributed by atoms with Crippen molar-refractivity contribution >= 4 is 18.3 Å². The Morgan fingerprint density at radius 1 is 1.24 bits per heavy atom. The number of halogens is 1. The van der Waals surface area contributed by atoms with E-state index in [-0.39, 0.29) is 24.4 Å². The fourth-order valence-corrected chi connectivity index (χ4v) is 2.61. The molecule has 0 radical (unpaired) electrons. The van der Waals surface area contributed by atoms with Crippen LogP contribution >= 0.6 is 12.4 Å². The monoisotopic (exact) mass is 360 g/mol. The number of aryl methyl sites for hydroxylation is 1. The number of carbonyl (C=O) groups is 1. The lowest BCUT2D eigenvalue weighted by Crippen LogP contribution is -2.43. The quantitative estimate of drug-likeness (QED) is 0.826. The van der Waals surface area contributed by atoms with Crippen LogP contribution in [0.25, 0.3) is 0 Å². The third kappa shape index (κ3) is 4.97. The molecule has 25 heavy (non-hydrogen) atoms. The largest absolute Gasteiger partial charge is 0.489 e. The molecule has 4 nitrogen and oxygen atoms in total. The minimum Gasteiger partial charge on any atom is -0.489 e. The van der Waals surface area contributed by atoms with E-state index in [1.165, 1.54) is 5.56 Å². The molecule has 1 aliphatic carbocycles. The van der Waals surface area contributed by atoms with E-state index in [0.29, 0.717) is 6.61 Å². The van der Waals surface area contributed by atoms with E-state index >= 15 is 0 Å². The molecule has 0 aromatic heterocycles. The predicted octanol–water partition coefficient (Wildman–Crippen LogP) is 3.66. The number of hydrogen-bond donors (Lipinski definition) is 2. The van der Waals surface area contributed by atoms with Crippen molar-refractivity contribution in [2.24, 2.45) is 5.73 Å². The zero-order valence-corrected chi connectivity index (χ0v) is 15.4. The van der Waals surface area contributed by atoms with Gasteiger partial charge in [0.25, 0.3) is 0 Å². The van der Waals surface area contributed by atoms with E-state index in [9.17, 15) is 4.79 Å². The lowest BCUT2D eigenvalue weighted by atomic mass is 10.1. The summed E-state index contributed by atoms with van der Waals surface area (Å²) in [6, 6.07) is 16.0. The molecule has 1 fully saturated rings. The van der Waals surface area contributed by atoms with Gasteiger partial charge in [-0.1, -0.05) is 42.0 Å². The first-order valence-electron chi connectivity index (χ1n) is 8.34. The molecule has 0 aliphatic heterocycles. The van der Waals surface area contributed by atoms with Gasteiger partial charge in [-0.3, -0.25) is 4.79 Å². The Kier molecular flexibility index (Phi) is 6.09. The molecule has 3 N–H and O–H groups in total. The van der Waals surface area contributed by atoms with Gasteiger partial charge in [0, 0.05) is 0 Å². The molecule has 3 rings (SSSR count). The smallest absolute Gasteiger partial charge is 0.240 e. The molecule has 134 valence electrons. The van der Waals surface area contributed by atoms with Gasteiger partial charge in [-0.2, -0.15) is 0 Å². The highest BCUT2D eigenvalue weighted by Gasteiger charge is 2.46. The van der Waals surface area contributed by atoms with Gasteiger partial charge in [0.1, 0.15) is 12.4 Å². The van der Waals surface area contributed by atoms with Crippen LogP contribution in [0.5, 0.6) is 5.75 Å². The summed E-state index contributed by atoms with van der Waals surface area (Å²) < 4.78 is 5.82. The first kappa shape index (κ1) is 19.3. The lowest BCUT2D eigenvalue weighted by molar-refractivity contribution is -0.123. The van der Waals surface area contributed by atoms with E-state index in [1.54, 1.807) is 0 Å². The SMILES string of the molecule is Cc1cccc(COc2ccc(C(C)NC(=O)C3(N)CC3)cc2)c1.Cl. The standard InChI is InChI=1S/C20H24N2O2.ClH/c1-14-4-3-5-16(12-14)13-24-18-8-6-17(7-9-18)15(2)22-19(23)20(21)10-11-20;/h3-9,12,15H,10-11,13,21H2,1-2H3,(H,22,23);1H. The van der Waals surface area contributed by atoms with Crippen LogP contribution in [0.4, 0.5) is 0 Å². The van der Waals surface area contributed by atoms with Crippen LogP contribution in [0.2, 0.25) is 0 Å². The van der Waals surface area contributed by atoms with Gasteiger partial charge in [0.05, 0.1) is 11.6 Å². The second kappa shape index (κ2) is 7.89. The number of rotatable bonds is 6. The minimum absolute atomic E-state index is 0. The number of ether oxygens (including phenoxy) is 1. The second-order valence-corrected chi connectivity index (χ2v) is 6.70. The lowest BCUT2D eigenvalue weighted by Gasteiger charge is -2.17. The van der Waals surface area contributed by atoms with Gasteiger partial charge in [-0.05, 0) is 49.9 Å². The summed E-state index contributed by atoms with van der Waals surface area (Å²) in [6.07, 6.45) is 1.55. The maximum atomic E-state index is 12.0. The highest BCUT2D eigenvalue weighted by Crippen LogP contribution is 2.33. The van der Waals surface area contributed by atoms with E-state index in [4.69, 9.17) is 10.5 Å². The zero-order valence-electron chi connectivity index (χ0n) is 14.6. The van der Waals surface area contributed by atoms with Gasteiger partial charge in [0.2, 0.25) is 5.91 Å². The molecule has 1 unspecified atom stereocenters. The molecule has 2 aromatic rings. The Bertz CT molecular complexity index is 727. The van der Waals surface area contributed by atoms with Crippen LogP contribution in [0.1, 0.15) is 42.5 Å². The summed E-state index contributed by atoms with van der Waals surface area (Å²) in [7, 11) is 0. The molecule has 0 heterocycles. The van der Waals surface area contributed by atoms with Gasteiger partial charge in [-0.15, -0.1) is 12.4 Å². The van der Waals surface area contributed by atoms with Gasteiger partial charge >= 0.3 is 0 Å². The number of carbonyl (C=O) groups excluding carboxylic acids is 1. The maximum absolute atomic E-state index is 12.0. The number of amides is 1. The molecule has 5 heteroatoms. The van der Waals surface area contributed by atoms with Crippen molar-refractivity contribution in [3.63, 3.8) is 0 Å². The summed E-state index contributed by atoms with van der Waals surface area (Å²) >= 11 is 0. The molecule has 1 saturated carbocycles. The van der Waals surface area contributed by atoms with Crippen molar-refractivity contribution in [2.75, 3.05) is 0 Å². The molecule has 1 aliphatic rings. The summed E-state index contributed by atoms with van der Waals surface area (Å²) in [6.45, 7) is 4.58. The maximum Gasteiger partial charge on any atom is 0.240 e. The molecule has 1 amide bonds. The topological polar surface area (TPSA) is 64.3 Å².